The van der Waals surface area contributed by atoms with Gasteiger partial charge in [0.15, 0.2) is 0 Å². The van der Waals surface area contributed by atoms with Crippen LogP contribution in [0.2, 0.25) is 0 Å². The lowest BCUT2D eigenvalue weighted by Crippen LogP contribution is -2.62. The smallest absolute Gasteiger partial charge is 0.0890 e. The fourth-order valence-corrected chi connectivity index (χ4v) is 2.37. The third-order valence-electron chi connectivity index (χ3n) is 4.21. The fraction of sp³-hybridized carbons (Fsp3) is 0.533. The first-order valence-corrected chi connectivity index (χ1v) is 6.39. The van der Waals surface area contributed by atoms with Crippen molar-refractivity contribution >= 4 is 0 Å². The van der Waals surface area contributed by atoms with Gasteiger partial charge in [-0.2, -0.15) is 0 Å². The first-order valence-electron chi connectivity index (χ1n) is 6.39. The molecule has 1 aliphatic rings. The zero-order valence-corrected chi connectivity index (χ0v) is 11.5. The van der Waals surface area contributed by atoms with Crippen LogP contribution in [0.4, 0.5) is 0 Å². The predicted octanol–water partition coefficient (Wildman–Crippen LogP) is 2.45. The number of aliphatic hydroxyl groups is 1. The van der Waals surface area contributed by atoms with Gasteiger partial charge in [0.2, 0.25) is 0 Å². The van der Waals surface area contributed by atoms with Crippen molar-refractivity contribution in [3.05, 3.63) is 42.4 Å². The monoisotopic (exact) mass is 246 g/mol. The van der Waals surface area contributed by atoms with Gasteiger partial charge in [-0.15, -0.1) is 0 Å². The van der Waals surface area contributed by atoms with Crippen LogP contribution in [0.5, 0.6) is 0 Å². The summed E-state index contributed by atoms with van der Waals surface area (Å²) in [5.41, 5.74) is 0.493. The van der Waals surface area contributed by atoms with E-state index < -0.39 is 6.10 Å². The van der Waals surface area contributed by atoms with Gasteiger partial charge in [-0.25, -0.2) is 0 Å². The van der Waals surface area contributed by atoms with Crippen molar-refractivity contribution < 1.29 is 5.11 Å². The van der Waals surface area contributed by atoms with E-state index in [0.717, 1.165) is 5.69 Å². The number of aliphatic hydroxyl groups excluding tert-OH is 1. The molecule has 3 atom stereocenters. The number of pyridine rings is 1. The molecule has 1 aromatic heterocycles. The molecular weight excluding hydrogens is 224 g/mol. The molecule has 1 aliphatic heterocycles. The molecule has 0 spiro atoms. The number of rotatable bonds is 1. The van der Waals surface area contributed by atoms with E-state index in [4.69, 9.17) is 0 Å². The maximum Gasteiger partial charge on any atom is 0.0890 e. The Labute approximate surface area is 109 Å². The molecule has 0 bridgehead atoms. The summed E-state index contributed by atoms with van der Waals surface area (Å²) in [6.45, 7) is 8.48. The third kappa shape index (κ3) is 2.03. The van der Waals surface area contributed by atoms with Crippen LogP contribution in [0.1, 0.15) is 39.3 Å². The summed E-state index contributed by atoms with van der Waals surface area (Å²) in [7, 11) is 0. The van der Waals surface area contributed by atoms with Gasteiger partial charge >= 0.3 is 0 Å². The van der Waals surface area contributed by atoms with Crippen molar-refractivity contribution in [1.29, 1.82) is 0 Å². The van der Waals surface area contributed by atoms with Crippen molar-refractivity contribution in [3.8, 4) is 0 Å². The summed E-state index contributed by atoms with van der Waals surface area (Å²) in [6, 6.07) is 5.82. The van der Waals surface area contributed by atoms with Gasteiger partial charge in [0.1, 0.15) is 0 Å². The fourth-order valence-electron chi connectivity index (χ4n) is 2.37. The number of hydrogen-bond acceptors (Lipinski definition) is 3. The second-order valence-corrected chi connectivity index (χ2v) is 6.18. The molecule has 0 amide bonds. The standard InChI is InChI=1S/C15H22N2O/c1-14(2,3)15(4)13(18)11(8-10-17-15)12-7-5-6-9-16-12/h5-11,13,17-18H,1-4H3. The Balaban J connectivity index is 2.37. The van der Waals surface area contributed by atoms with Crippen LogP contribution in [0, 0.1) is 5.41 Å². The highest BCUT2D eigenvalue weighted by Gasteiger charge is 2.47. The van der Waals surface area contributed by atoms with Crippen LogP contribution in [-0.2, 0) is 0 Å². The van der Waals surface area contributed by atoms with Crippen LogP contribution >= 0.6 is 0 Å². The Morgan fingerprint density at radius 1 is 1.33 bits per heavy atom. The molecule has 98 valence electrons. The Bertz CT molecular complexity index is 436. The molecule has 1 aromatic rings. The molecule has 2 N–H and O–H groups in total. The minimum absolute atomic E-state index is 0.0514. The SMILES string of the molecule is CC(C)(C)C1(C)NC=CC(c2ccccn2)C1O. The van der Waals surface area contributed by atoms with E-state index in [2.05, 4.69) is 38.0 Å². The van der Waals surface area contributed by atoms with Crippen LogP contribution in [0.25, 0.3) is 0 Å². The quantitative estimate of drug-likeness (QED) is 0.800. The average molecular weight is 246 g/mol. The van der Waals surface area contributed by atoms with E-state index in [0.29, 0.717) is 0 Å². The third-order valence-corrected chi connectivity index (χ3v) is 4.21. The van der Waals surface area contributed by atoms with E-state index in [1.165, 1.54) is 0 Å². The summed E-state index contributed by atoms with van der Waals surface area (Å²) >= 11 is 0. The zero-order valence-electron chi connectivity index (χ0n) is 11.5. The van der Waals surface area contributed by atoms with Crippen LogP contribution < -0.4 is 5.32 Å². The summed E-state index contributed by atoms with van der Waals surface area (Å²) < 4.78 is 0. The molecule has 0 aliphatic carbocycles. The minimum atomic E-state index is -0.502. The Morgan fingerprint density at radius 3 is 2.61 bits per heavy atom. The Morgan fingerprint density at radius 2 is 2.06 bits per heavy atom. The minimum Gasteiger partial charge on any atom is -0.390 e. The van der Waals surface area contributed by atoms with E-state index in [9.17, 15) is 5.11 Å². The molecule has 0 radical (unpaired) electrons. The topological polar surface area (TPSA) is 45.2 Å². The number of nitrogens with zero attached hydrogens (tertiary/aromatic N) is 1. The Kier molecular flexibility index (Phi) is 3.20. The molecule has 0 saturated heterocycles. The van der Waals surface area contributed by atoms with Crippen molar-refractivity contribution in [3.63, 3.8) is 0 Å². The molecule has 2 rings (SSSR count). The summed E-state index contributed by atoms with van der Waals surface area (Å²) in [4.78, 5) is 4.36. The Hall–Kier alpha value is -1.35. The molecule has 18 heavy (non-hydrogen) atoms. The van der Waals surface area contributed by atoms with Gasteiger partial charge < -0.3 is 10.4 Å². The van der Waals surface area contributed by atoms with Gasteiger partial charge in [0.25, 0.3) is 0 Å². The van der Waals surface area contributed by atoms with Crippen molar-refractivity contribution in [2.24, 2.45) is 5.41 Å². The van der Waals surface area contributed by atoms with E-state index >= 15 is 0 Å². The number of hydrogen-bond donors (Lipinski definition) is 2. The maximum atomic E-state index is 10.7. The second kappa shape index (κ2) is 4.39. The maximum absolute atomic E-state index is 10.7. The van der Waals surface area contributed by atoms with Crippen molar-refractivity contribution in [2.75, 3.05) is 0 Å². The van der Waals surface area contributed by atoms with Crippen LogP contribution in [-0.4, -0.2) is 21.7 Å². The first-order chi connectivity index (χ1) is 8.36. The van der Waals surface area contributed by atoms with Gasteiger partial charge in [-0.05, 0) is 30.7 Å². The lowest BCUT2D eigenvalue weighted by atomic mass is 9.66. The van der Waals surface area contributed by atoms with Crippen LogP contribution in [0.15, 0.2) is 36.7 Å². The highest BCUT2D eigenvalue weighted by atomic mass is 16.3. The molecule has 3 heteroatoms. The average Bonchev–Trinajstić information content (AvgIpc) is 2.32. The molecule has 3 unspecified atom stereocenters. The summed E-state index contributed by atoms with van der Waals surface area (Å²) in [6.07, 6.45) is 5.20. The highest BCUT2D eigenvalue weighted by Crippen LogP contribution is 2.40. The normalized spacial score (nSPS) is 32.1. The van der Waals surface area contributed by atoms with Crippen LogP contribution in [0.3, 0.4) is 0 Å². The predicted molar refractivity (Wildman–Crippen MR) is 73.1 cm³/mol. The molecule has 0 aromatic carbocycles. The van der Waals surface area contributed by atoms with Gasteiger partial charge in [0.05, 0.1) is 11.6 Å². The molecule has 0 saturated carbocycles. The van der Waals surface area contributed by atoms with E-state index in [1.807, 2.05) is 30.5 Å². The summed E-state index contributed by atoms with van der Waals surface area (Å²) in [5.74, 6) is -0.0586. The summed E-state index contributed by atoms with van der Waals surface area (Å²) in [5, 5.41) is 14.0. The highest BCUT2D eigenvalue weighted by molar-refractivity contribution is 5.25. The lowest BCUT2D eigenvalue weighted by molar-refractivity contribution is -0.00664. The van der Waals surface area contributed by atoms with E-state index in [-0.39, 0.29) is 16.9 Å². The number of aromatic nitrogens is 1. The number of nitrogens with one attached hydrogen (secondary N) is 1. The van der Waals surface area contributed by atoms with Gasteiger partial charge in [0, 0.05) is 17.8 Å². The molecular formula is C15H22N2O. The first kappa shape index (κ1) is 13.1. The van der Waals surface area contributed by atoms with Crippen molar-refractivity contribution in [2.45, 2.75) is 45.3 Å². The lowest BCUT2D eigenvalue weighted by Gasteiger charge is -2.49. The molecule has 2 heterocycles. The van der Waals surface area contributed by atoms with Gasteiger partial charge in [-0.3, -0.25) is 4.98 Å². The second-order valence-electron chi connectivity index (χ2n) is 6.18. The largest absolute Gasteiger partial charge is 0.390 e. The van der Waals surface area contributed by atoms with Crippen molar-refractivity contribution in [1.82, 2.24) is 10.3 Å². The molecule has 3 nitrogen and oxygen atoms in total. The van der Waals surface area contributed by atoms with Gasteiger partial charge in [-0.1, -0.05) is 32.9 Å². The molecule has 0 fully saturated rings. The van der Waals surface area contributed by atoms with E-state index in [1.54, 1.807) is 6.20 Å². The zero-order chi connectivity index (χ0) is 13.4.